The van der Waals surface area contributed by atoms with Crippen LogP contribution in [0.3, 0.4) is 0 Å². The van der Waals surface area contributed by atoms with Gasteiger partial charge in [-0.2, -0.15) is 13.2 Å². The summed E-state index contributed by atoms with van der Waals surface area (Å²) in [5.74, 6) is -5.16. The number of pyridine rings is 1. The van der Waals surface area contributed by atoms with Gasteiger partial charge in [-0.3, -0.25) is 9.78 Å². The molecule has 0 fully saturated rings. The van der Waals surface area contributed by atoms with Gasteiger partial charge in [0.15, 0.2) is 17.3 Å². The predicted molar refractivity (Wildman–Crippen MR) is 108 cm³/mol. The van der Waals surface area contributed by atoms with E-state index in [-0.39, 0.29) is 17.2 Å². The molecule has 13 heteroatoms. The Hall–Kier alpha value is -4.03. The molecule has 1 N–H and O–H groups in total. The van der Waals surface area contributed by atoms with Gasteiger partial charge < -0.3 is 19.5 Å². The highest BCUT2D eigenvalue weighted by atomic mass is 19.4. The minimum atomic E-state index is -5.13. The Bertz CT molecular complexity index is 1240. The molecular formula is C22H15F7N2O4. The topological polar surface area (TPSA) is 69.7 Å². The molecule has 186 valence electrons. The standard InChI is InChI=1S/C22H15F7N2O4/c1-11-9-12(7-8-30-11)31-20(32)18-16(6-4-14(19(18)23)21(24,25)26)34-15-5-3-13(10-17(15)33-2)35-22(27,28)29/h3-10H,1-2H3,(H,30,31,32). The van der Waals surface area contributed by atoms with Crippen molar-refractivity contribution < 1.29 is 49.7 Å². The Morgan fingerprint density at radius 3 is 2.23 bits per heavy atom. The minimum absolute atomic E-state index is 0.122. The molecule has 0 unspecified atom stereocenters. The lowest BCUT2D eigenvalue weighted by atomic mass is 10.1. The highest BCUT2D eigenvalue weighted by molar-refractivity contribution is 6.06. The highest BCUT2D eigenvalue weighted by Gasteiger charge is 2.37. The lowest BCUT2D eigenvalue weighted by Gasteiger charge is -2.18. The van der Waals surface area contributed by atoms with E-state index >= 15 is 0 Å². The van der Waals surface area contributed by atoms with E-state index in [1.807, 2.05) is 0 Å². The van der Waals surface area contributed by atoms with Gasteiger partial charge >= 0.3 is 12.5 Å². The van der Waals surface area contributed by atoms with E-state index in [1.54, 1.807) is 6.92 Å². The molecule has 0 aliphatic heterocycles. The number of ether oxygens (including phenoxy) is 3. The molecular weight excluding hydrogens is 489 g/mol. The van der Waals surface area contributed by atoms with Crippen molar-refractivity contribution in [3.63, 3.8) is 0 Å². The van der Waals surface area contributed by atoms with Gasteiger partial charge in [-0.25, -0.2) is 4.39 Å². The van der Waals surface area contributed by atoms with Gasteiger partial charge in [-0.05, 0) is 43.3 Å². The van der Waals surface area contributed by atoms with E-state index in [0.717, 1.165) is 25.3 Å². The number of carbonyl (C=O) groups is 1. The summed E-state index contributed by atoms with van der Waals surface area (Å²) in [6.45, 7) is 1.59. The molecule has 6 nitrogen and oxygen atoms in total. The number of aryl methyl sites for hydroxylation is 1. The fraction of sp³-hybridized carbons (Fsp3) is 0.182. The number of aromatic nitrogens is 1. The van der Waals surface area contributed by atoms with Crippen LogP contribution in [0.15, 0.2) is 48.7 Å². The van der Waals surface area contributed by atoms with Crippen LogP contribution in [0.5, 0.6) is 23.0 Å². The van der Waals surface area contributed by atoms with Gasteiger partial charge in [0.05, 0.1) is 12.7 Å². The number of hydrogen-bond acceptors (Lipinski definition) is 5. The fourth-order valence-electron chi connectivity index (χ4n) is 2.94. The zero-order valence-corrected chi connectivity index (χ0v) is 17.8. The van der Waals surface area contributed by atoms with Crippen LogP contribution in [-0.4, -0.2) is 24.4 Å². The van der Waals surface area contributed by atoms with E-state index in [9.17, 15) is 35.5 Å². The number of benzene rings is 2. The summed E-state index contributed by atoms with van der Waals surface area (Å²) in [6, 6.07) is 6.38. The molecule has 0 spiro atoms. The van der Waals surface area contributed by atoms with E-state index in [0.29, 0.717) is 17.8 Å². The lowest BCUT2D eigenvalue weighted by molar-refractivity contribution is -0.274. The van der Waals surface area contributed by atoms with Gasteiger partial charge in [0.2, 0.25) is 0 Å². The van der Waals surface area contributed by atoms with Gasteiger partial charge in [-0.1, -0.05) is 0 Å². The van der Waals surface area contributed by atoms with Crippen LogP contribution in [-0.2, 0) is 6.18 Å². The second kappa shape index (κ2) is 9.68. The molecule has 0 aliphatic rings. The fourth-order valence-corrected chi connectivity index (χ4v) is 2.94. The second-order valence-electron chi connectivity index (χ2n) is 6.90. The third kappa shape index (κ3) is 6.31. The van der Waals surface area contributed by atoms with E-state index in [2.05, 4.69) is 15.0 Å². The first-order valence-electron chi connectivity index (χ1n) is 9.54. The summed E-state index contributed by atoms with van der Waals surface area (Å²) in [5, 5.41) is 2.27. The first-order chi connectivity index (χ1) is 16.3. The van der Waals surface area contributed by atoms with Gasteiger partial charge in [0, 0.05) is 23.6 Å². The van der Waals surface area contributed by atoms with Crippen LogP contribution in [0.4, 0.5) is 36.4 Å². The highest BCUT2D eigenvalue weighted by Crippen LogP contribution is 2.40. The molecule has 0 aliphatic carbocycles. The molecule has 2 aromatic carbocycles. The molecule has 0 atom stereocenters. The van der Waals surface area contributed by atoms with E-state index in [1.165, 1.54) is 18.3 Å². The van der Waals surface area contributed by atoms with Crippen molar-refractivity contribution in [3.8, 4) is 23.0 Å². The Balaban J connectivity index is 2.05. The van der Waals surface area contributed by atoms with Gasteiger partial charge in [-0.15, -0.1) is 13.2 Å². The van der Waals surface area contributed by atoms with Crippen molar-refractivity contribution in [2.75, 3.05) is 12.4 Å². The molecule has 1 amide bonds. The first kappa shape index (κ1) is 25.6. The molecule has 1 aromatic heterocycles. The van der Waals surface area contributed by atoms with Crippen LogP contribution in [0, 0.1) is 12.7 Å². The Morgan fingerprint density at radius 1 is 0.943 bits per heavy atom. The van der Waals surface area contributed by atoms with Crippen LogP contribution in [0.25, 0.3) is 0 Å². The zero-order chi connectivity index (χ0) is 26.0. The number of alkyl halides is 6. The van der Waals surface area contributed by atoms with Crippen LogP contribution >= 0.6 is 0 Å². The number of hydrogen-bond donors (Lipinski definition) is 1. The number of carbonyl (C=O) groups excluding carboxylic acids is 1. The number of amides is 1. The van der Waals surface area contributed by atoms with Crippen molar-refractivity contribution in [2.45, 2.75) is 19.5 Å². The largest absolute Gasteiger partial charge is 0.573 e. The number of halogens is 7. The van der Waals surface area contributed by atoms with E-state index < -0.39 is 46.9 Å². The van der Waals surface area contributed by atoms with E-state index in [4.69, 9.17) is 9.47 Å². The summed E-state index contributed by atoms with van der Waals surface area (Å²) < 4.78 is 106. The maximum absolute atomic E-state index is 14.9. The SMILES string of the molecule is COc1cc(OC(F)(F)F)ccc1Oc1ccc(C(F)(F)F)c(F)c1C(=O)Nc1ccnc(C)c1. The molecule has 1 heterocycles. The molecule has 0 saturated heterocycles. The van der Waals surface area contributed by atoms with Crippen LogP contribution < -0.4 is 19.5 Å². The number of nitrogens with zero attached hydrogens (tertiary/aromatic N) is 1. The third-order valence-electron chi connectivity index (χ3n) is 4.38. The lowest BCUT2D eigenvalue weighted by Crippen LogP contribution is -2.19. The normalized spacial score (nSPS) is 11.7. The summed E-state index contributed by atoms with van der Waals surface area (Å²) in [5.41, 5.74) is -2.22. The summed E-state index contributed by atoms with van der Waals surface area (Å²) in [7, 11) is 1.08. The second-order valence-corrected chi connectivity index (χ2v) is 6.90. The summed E-state index contributed by atoms with van der Waals surface area (Å²) >= 11 is 0. The number of methoxy groups -OCH3 is 1. The average molecular weight is 504 g/mol. The van der Waals surface area contributed by atoms with Crippen molar-refractivity contribution in [1.29, 1.82) is 0 Å². The number of rotatable bonds is 6. The maximum atomic E-state index is 14.9. The first-order valence-corrected chi connectivity index (χ1v) is 9.54. The molecule has 3 aromatic rings. The molecule has 35 heavy (non-hydrogen) atoms. The summed E-state index contributed by atoms with van der Waals surface area (Å²) in [4.78, 5) is 16.7. The van der Waals surface area contributed by atoms with Crippen molar-refractivity contribution in [2.24, 2.45) is 0 Å². The molecule has 3 rings (SSSR count). The quantitative estimate of drug-likeness (QED) is 0.388. The smallest absolute Gasteiger partial charge is 0.493 e. The minimum Gasteiger partial charge on any atom is -0.493 e. The van der Waals surface area contributed by atoms with Crippen molar-refractivity contribution in [1.82, 2.24) is 4.98 Å². The Labute approximate surface area is 193 Å². The average Bonchev–Trinajstić information content (AvgIpc) is 2.72. The van der Waals surface area contributed by atoms with Crippen LogP contribution in [0.2, 0.25) is 0 Å². The Morgan fingerprint density at radius 2 is 1.63 bits per heavy atom. The Kier molecular flexibility index (Phi) is 7.08. The molecule has 0 radical (unpaired) electrons. The zero-order valence-electron chi connectivity index (χ0n) is 17.8. The number of nitrogens with one attached hydrogen (secondary N) is 1. The van der Waals surface area contributed by atoms with Gasteiger partial charge in [0.1, 0.15) is 17.1 Å². The monoisotopic (exact) mass is 504 g/mol. The summed E-state index contributed by atoms with van der Waals surface area (Å²) in [6.07, 6.45) is -8.81. The maximum Gasteiger partial charge on any atom is 0.573 e. The van der Waals surface area contributed by atoms with Crippen molar-refractivity contribution in [3.05, 3.63) is 71.3 Å². The third-order valence-corrected chi connectivity index (χ3v) is 4.38. The number of anilines is 1. The van der Waals surface area contributed by atoms with Crippen LogP contribution in [0.1, 0.15) is 21.6 Å². The van der Waals surface area contributed by atoms with Crippen molar-refractivity contribution >= 4 is 11.6 Å². The van der Waals surface area contributed by atoms with Gasteiger partial charge in [0.25, 0.3) is 5.91 Å². The predicted octanol–water partition coefficient (Wildman–Crippen LogP) is 6.50. The molecule has 0 bridgehead atoms. The molecule has 0 saturated carbocycles.